The van der Waals surface area contributed by atoms with Gasteiger partial charge < -0.3 is 13.4 Å². The van der Waals surface area contributed by atoms with E-state index in [1.165, 1.54) is 11.1 Å². The average Bonchev–Trinajstić information content (AvgIpc) is 4.01. The number of hydrogen-bond acceptors (Lipinski definition) is 6. The molecule has 0 atom stereocenters. The Morgan fingerprint density at radius 3 is 2.14 bits per heavy atom. The number of hydrogen-bond donors (Lipinski definition) is 0. The van der Waals surface area contributed by atoms with Crippen LogP contribution in [0.5, 0.6) is 0 Å². The van der Waals surface area contributed by atoms with Crippen LogP contribution in [0.15, 0.2) is 148 Å². The molecule has 325 valence electrons. The van der Waals surface area contributed by atoms with E-state index in [1.807, 2.05) is 91.1 Å². The molecule has 6 aromatic carbocycles. The fourth-order valence-corrected chi connectivity index (χ4v) is 8.51. The normalized spacial score (nSPS) is 12.7. The first-order valence-electron chi connectivity index (χ1n) is 23.3. The first-order valence-corrected chi connectivity index (χ1v) is 21.8. The van der Waals surface area contributed by atoms with Gasteiger partial charge in [0.2, 0.25) is 5.71 Å². The number of furan rings is 2. The minimum atomic E-state index is -2.43. The van der Waals surface area contributed by atoms with Crippen molar-refractivity contribution in [2.75, 3.05) is 0 Å². The Balaban J connectivity index is 0.000000289. The molecular formula is C57H49IrN5O2-2. The van der Waals surface area contributed by atoms with E-state index in [9.17, 15) is 0 Å². The van der Waals surface area contributed by atoms with Gasteiger partial charge in [0.1, 0.15) is 11.1 Å². The summed E-state index contributed by atoms with van der Waals surface area (Å²) in [4.78, 5) is 19.0. The fraction of sp³-hybridized carbons (Fsp3) is 0.193. The molecule has 0 saturated carbocycles. The van der Waals surface area contributed by atoms with E-state index in [2.05, 4.69) is 118 Å². The van der Waals surface area contributed by atoms with Crippen LogP contribution in [0, 0.1) is 19.0 Å². The Morgan fingerprint density at radius 2 is 1.42 bits per heavy atom. The molecule has 0 aliphatic rings. The van der Waals surface area contributed by atoms with Crippen LogP contribution in [-0.4, -0.2) is 24.5 Å². The molecule has 0 aliphatic heterocycles. The van der Waals surface area contributed by atoms with Crippen molar-refractivity contribution in [1.29, 1.82) is 0 Å². The second kappa shape index (κ2) is 17.3. The maximum absolute atomic E-state index is 8.51. The Hall–Kier alpha value is -6.73. The second-order valence-corrected chi connectivity index (χ2v) is 17.9. The Kier molecular flexibility index (Phi) is 10.6. The summed E-state index contributed by atoms with van der Waals surface area (Å²) in [6.45, 7) is 12.9. The summed E-state index contributed by atoms with van der Waals surface area (Å²) in [5.41, 5.74) is 12.8. The van der Waals surface area contributed by atoms with Gasteiger partial charge in [0.15, 0.2) is 5.58 Å². The van der Waals surface area contributed by atoms with Gasteiger partial charge in [-0.05, 0) is 82.6 Å². The van der Waals surface area contributed by atoms with Gasteiger partial charge in [0.25, 0.3) is 0 Å². The van der Waals surface area contributed by atoms with Gasteiger partial charge in [-0.15, -0.1) is 53.6 Å². The first kappa shape index (κ1) is 39.8. The molecule has 0 unspecified atom stereocenters. The van der Waals surface area contributed by atoms with E-state index in [0.717, 1.165) is 50.3 Å². The van der Waals surface area contributed by atoms with E-state index in [0.29, 0.717) is 50.1 Å². The van der Waals surface area contributed by atoms with Crippen molar-refractivity contribution in [3.05, 3.63) is 174 Å². The van der Waals surface area contributed by atoms with Crippen molar-refractivity contribution in [2.24, 2.45) is 0 Å². The number of para-hydroxylation sites is 3. The maximum atomic E-state index is 8.51. The van der Waals surface area contributed by atoms with Crippen molar-refractivity contribution >= 4 is 55.2 Å². The van der Waals surface area contributed by atoms with Crippen LogP contribution >= 0.6 is 0 Å². The van der Waals surface area contributed by atoms with Crippen LogP contribution in [0.3, 0.4) is 0 Å². The third-order valence-corrected chi connectivity index (χ3v) is 11.8. The molecule has 5 aromatic heterocycles. The summed E-state index contributed by atoms with van der Waals surface area (Å²) in [7, 11) is 0. The molecule has 7 nitrogen and oxygen atoms in total. The maximum Gasteiger partial charge on any atom is 0.216 e. The summed E-state index contributed by atoms with van der Waals surface area (Å²) >= 11 is 0. The minimum absolute atomic E-state index is 0. The van der Waals surface area contributed by atoms with Crippen molar-refractivity contribution in [1.82, 2.24) is 24.5 Å². The van der Waals surface area contributed by atoms with E-state index in [1.54, 1.807) is 6.07 Å². The van der Waals surface area contributed by atoms with Crippen LogP contribution in [0.25, 0.3) is 94.8 Å². The van der Waals surface area contributed by atoms with E-state index in [4.69, 9.17) is 22.9 Å². The minimum Gasteiger partial charge on any atom is -0.486 e. The number of aryl methyl sites for hydroxylation is 1. The van der Waals surface area contributed by atoms with Crippen molar-refractivity contribution < 1.29 is 33.1 Å². The molecule has 0 N–H and O–H groups in total. The molecule has 1 radical (unpaired) electrons. The Labute approximate surface area is 397 Å². The predicted molar refractivity (Wildman–Crippen MR) is 261 cm³/mol. The zero-order valence-corrected chi connectivity index (χ0v) is 39.7. The molecule has 65 heavy (non-hydrogen) atoms. The van der Waals surface area contributed by atoms with Gasteiger partial charge in [0.05, 0.1) is 28.3 Å². The van der Waals surface area contributed by atoms with Gasteiger partial charge in [-0.2, -0.15) is 0 Å². The number of benzene rings is 6. The van der Waals surface area contributed by atoms with Crippen LogP contribution in [0.4, 0.5) is 0 Å². The zero-order chi connectivity index (χ0) is 46.8. The van der Waals surface area contributed by atoms with E-state index >= 15 is 0 Å². The van der Waals surface area contributed by atoms with Crippen molar-refractivity contribution in [3.63, 3.8) is 0 Å². The standard InChI is InChI=1S/C43H34N3O2.C14H15N2.Ir/c1-24(2)31-21-28(27-13-7-6-8-14-27)22-32(25(3)4)40(31)46-35-17-11-10-16-34(35)44-42(46)30-20-19-26(5)38-33-23-37-39(45-43(33)48-41(30)38)29-15-9-12-18-36(29)47-37;1-14(2,3)12-9-10-15-13(16-12)11-7-5-4-6-8-11;/h6-19,21-25H,1-5H3;4-7,9-10H,1-3H3;/q2*-1;/i5D3;;. The van der Waals surface area contributed by atoms with Gasteiger partial charge in [-0.1, -0.05) is 121 Å². The number of nitrogens with zero attached hydrogens (tertiary/aromatic N) is 5. The molecule has 8 heteroatoms. The summed E-state index contributed by atoms with van der Waals surface area (Å²) in [6.07, 6.45) is 1.81. The van der Waals surface area contributed by atoms with Crippen LogP contribution < -0.4 is 0 Å². The number of pyridine rings is 1. The smallest absolute Gasteiger partial charge is 0.216 e. The SMILES string of the molecule is CC(C)(C)c1ccnc(-c2[c-]cccc2)n1.[2H]C([2H])([2H])c1c[c-]c(-c2nc3ccccc3n2-c2c(C(C)C)cc(-c3ccccc3)cc2C(C)C)c2oc3nc4c(cc3c12)oc1ccccc14.[Ir]. The van der Waals surface area contributed by atoms with Crippen LogP contribution in [-0.2, 0) is 25.5 Å². The number of imidazole rings is 1. The van der Waals surface area contributed by atoms with Gasteiger partial charge in [-0.25, -0.2) is 4.98 Å². The van der Waals surface area contributed by atoms with Crippen molar-refractivity contribution in [2.45, 2.75) is 72.6 Å². The first-order chi connectivity index (χ1) is 32.2. The number of aromatic nitrogens is 5. The monoisotopic (exact) mass is 1030 g/mol. The van der Waals surface area contributed by atoms with Crippen LogP contribution in [0.2, 0.25) is 0 Å². The average molecular weight is 1030 g/mol. The van der Waals surface area contributed by atoms with Crippen LogP contribution in [0.1, 0.15) is 86.8 Å². The summed E-state index contributed by atoms with van der Waals surface area (Å²) in [6, 6.07) is 50.5. The zero-order valence-electron chi connectivity index (χ0n) is 40.3. The molecule has 0 fully saturated rings. The molecule has 0 saturated heterocycles. The fourth-order valence-electron chi connectivity index (χ4n) is 8.51. The Bertz CT molecular complexity index is 3600. The largest absolute Gasteiger partial charge is 0.486 e. The molecular weight excluding hydrogens is 979 g/mol. The molecule has 11 aromatic rings. The summed E-state index contributed by atoms with van der Waals surface area (Å²) in [5, 5.41) is 1.89. The number of rotatable bonds is 6. The van der Waals surface area contributed by atoms with Gasteiger partial charge >= 0.3 is 0 Å². The quantitative estimate of drug-likeness (QED) is 0.154. The molecule has 0 spiro atoms. The second-order valence-electron chi connectivity index (χ2n) is 17.9. The molecule has 0 amide bonds. The number of fused-ring (bicyclic) bond motifs is 7. The Morgan fingerprint density at radius 1 is 0.692 bits per heavy atom. The summed E-state index contributed by atoms with van der Waals surface area (Å²) in [5.74, 6) is 1.71. The molecule has 5 heterocycles. The molecule has 0 aliphatic carbocycles. The van der Waals surface area contributed by atoms with Gasteiger partial charge in [-0.3, -0.25) is 15.0 Å². The topological polar surface area (TPSA) is 82.8 Å². The van der Waals surface area contributed by atoms with E-state index in [-0.39, 0.29) is 42.9 Å². The van der Waals surface area contributed by atoms with E-state index < -0.39 is 6.85 Å². The predicted octanol–water partition coefficient (Wildman–Crippen LogP) is 15.1. The van der Waals surface area contributed by atoms with Crippen molar-refractivity contribution in [3.8, 4) is 39.6 Å². The van der Waals surface area contributed by atoms with Gasteiger partial charge in [0, 0.05) is 58.0 Å². The molecule has 0 bridgehead atoms. The third kappa shape index (κ3) is 7.96. The summed E-state index contributed by atoms with van der Waals surface area (Å²) < 4.78 is 40.6. The molecule has 11 rings (SSSR count). The third-order valence-electron chi connectivity index (χ3n) is 11.8.